The van der Waals surface area contributed by atoms with Gasteiger partial charge >= 0.3 is 0 Å². The van der Waals surface area contributed by atoms with Crippen molar-refractivity contribution in [2.75, 3.05) is 27.3 Å². The smallest absolute Gasteiger partial charge is 0.165 e. The van der Waals surface area contributed by atoms with Crippen LogP contribution in [0, 0.1) is 11.8 Å². The minimum atomic E-state index is 0. The zero-order valence-corrected chi connectivity index (χ0v) is 13.6. The van der Waals surface area contributed by atoms with Gasteiger partial charge in [0.25, 0.3) is 0 Å². The largest absolute Gasteiger partial charge is 0.493 e. The van der Waals surface area contributed by atoms with E-state index >= 15 is 0 Å². The fourth-order valence-corrected chi connectivity index (χ4v) is 3.85. The van der Waals surface area contributed by atoms with Crippen LogP contribution in [0.5, 0.6) is 11.5 Å². The molecule has 1 aromatic rings. The topological polar surface area (TPSA) is 47.7 Å². The molecule has 1 saturated carbocycles. The maximum atomic E-state index is 6.21. The molecule has 2 fully saturated rings. The van der Waals surface area contributed by atoms with Gasteiger partial charge < -0.3 is 15.2 Å². The summed E-state index contributed by atoms with van der Waals surface area (Å²) in [7, 11) is 3.39. The number of methoxy groups -OCH3 is 2. The highest BCUT2D eigenvalue weighted by atomic mass is 35.5. The molecule has 1 heterocycles. The van der Waals surface area contributed by atoms with E-state index < -0.39 is 0 Å². The molecule has 0 bridgehead atoms. The summed E-state index contributed by atoms with van der Waals surface area (Å²) in [6.45, 7) is 3.20. The van der Waals surface area contributed by atoms with Crippen molar-refractivity contribution in [1.29, 1.82) is 0 Å². The van der Waals surface area contributed by atoms with E-state index in [9.17, 15) is 0 Å². The first kappa shape index (κ1) is 16.4. The normalized spacial score (nSPS) is 28.0. The van der Waals surface area contributed by atoms with Crippen LogP contribution < -0.4 is 15.2 Å². The number of nitrogens with two attached hydrogens (primary N) is 1. The molecule has 3 unspecified atom stereocenters. The third kappa shape index (κ3) is 3.12. The van der Waals surface area contributed by atoms with Crippen molar-refractivity contribution in [3.63, 3.8) is 0 Å². The maximum absolute atomic E-state index is 6.21. The second-order valence-electron chi connectivity index (χ2n) is 6.01. The average Bonchev–Trinajstić information content (AvgIpc) is 3.00. The number of likely N-dealkylation sites (tertiary alicyclic amines) is 1. The van der Waals surface area contributed by atoms with Crippen LogP contribution in [0.2, 0.25) is 0 Å². The molecule has 21 heavy (non-hydrogen) atoms. The number of nitrogens with zero attached hydrogens (tertiary/aromatic N) is 1. The second-order valence-corrected chi connectivity index (χ2v) is 6.01. The van der Waals surface area contributed by atoms with Gasteiger partial charge in [-0.25, -0.2) is 0 Å². The molecule has 4 nitrogen and oxygen atoms in total. The molecule has 1 aliphatic heterocycles. The third-order valence-electron chi connectivity index (χ3n) is 4.87. The van der Waals surface area contributed by atoms with E-state index in [4.69, 9.17) is 15.2 Å². The molecule has 2 N–H and O–H groups in total. The van der Waals surface area contributed by atoms with Crippen molar-refractivity contribution in [3.05, 3.63) is 23.8 Å². The number of para-hydroxylation sites is 1. The molecule has 118 valence electrons. The van der Waals surface area contributed by atoms with Crippen molar-refractivity contribution in [2.24, 2.45) is 17.6 Å². The number of ether oxygens (including phenoxy) is 2. The van der Waals surface area contributed by atoms with Gasteiger partial charge in [0, 0.05) is 31.2 Å². The lowest BCUT2D eigenvalue weighted by atomic mass is 9.98. The molecular weight excluding hydrogens is 288 g/mol. The third-order valence-corrected chi connectivity index (χ3v) is 4.87. The number of fused-ring (bicyclic) bond motifs is 1. The number of rotatable bonds is 4. The number of hydrogen-bond donors (Lipinski definition) is 1. The molecule has 1 saturated heterocycles. The van der Waals surface area contributed by atoms with Crippen molar-refractivity contribution in [1.82, 2.24) is 4.90 Å². The maximum Gasteiger partial charge on any atom is 0.165 e. The van der Waals surface area contributed by atoms with Gasteiger partial charge in [-0.1, -0.05) is 12.1 Å². The molecule has 5 heteroatoms. The van der Waals surface area contributed by atoms with Gasteiger partial charge in [-0.2, -0.15) is 0 Å². The monoisotopic (exact) mass is 312 g/mol. The molecule has 1 aromatic carbocycles. The van der Waals surface area contributed by atoms with Gasteiger partial charge in [0.2, 0.25) is 0 Å². The summed E-state index contributed by atoms with van der Waals surface area (Å²) in [5.41, 5.74) is 7.40. The summed E-state index contributed by atoms with van der Waals surface area (Å²) in [5.74, 6) is 3.14. The molecule has 2 aliphatic rings. The zero-order valence-electron chi connectivity index (χ0n) is 12.7. The van der Waals surface area contributed by atoms with Crippen LogP contribution in [0.4, 0.5) is 0 Å². The quantitative estimate of drug-likeness (QED) is 0.926. The van der Waals surface area contributed by atoms with Gasteiger partial charge in [-0.3, -0.25) is 4.90 Å². The van der Waals surface area contributed by atoms with E-state index in [1.165, 1.54) is 24.9 Å². The summed E-state index contributed by atoms with van der Waals surface area (Å²) in [5, 5.41) is 0. The van der Waals surface area contributed by atoms with E-state index in [1.807, 2.05) is 12.1 Å². The molecule has 3 atom stereocenters. The van der Waals surface area contributed by atoms with E-state index in [-0.39, 0.29) is 12.4 Å². The number of halogens is 1. The molecule has 3 rings (SSSR count). The summed E-state index contributed by atoms with van der Waals surface area (Å²) in [6, 6.07) is 6.49. The van der Waals surface area contributed by atoms with Gasteiger partial charge in [-0.15, -0.1) is 12.4 Å². The van der Waals surface area contributed by atoms with Crippen molar-refractivity contribution in [3.8, 4) is 11.5 Å². The Morgan fingerprint density at radius 3 is 2.67 bits per heavy atom. The minimum absolute atomic E-state index is 0. The molecule has 0 amide bonds. The first-order valence-electron chi connectivity index (χ1n) is 7.40. The lowest BCUT2D eigenvalue weighted by Crippen LogP contribution is -2.30. The highest BCUT2D eigenvalue weighted by Gasteiger charge is 2.40. The predicted molar refractivity (Wildman–Crippen MR) is 86.3 cm³/mol. The fraction of sp³-hybridized carbons (Fsp3) is 0.625. The van der Waals surface area contributed by atoms with E-state index in [0.717, 1.165) is 30.5 Å². The van der Waals surface area contributed by atoms with Crippen LogP contribution in [-0.4, -0.2) is 38.3 Å². The first-order chi connectivity index (χ1) is 9.72. The molecule has 0 aromatic heterocycles. The van der Waals surface area contributed by atoms with Crippen LogP contribution >= 0.6 is 12.4 Å². The van der Waals surface area contributed by atoms with Gasteiger partial charge in [0.15, 0.2) is 11.5 Å². The Bertz CT molecular complexity index is 483. The summed E-state index contributed by atoms with van der Waals surface area (Å²) < 4.78 is 10.9. The summed E-state index contributed by atoms with van der Waals surface area (Å²) in [6.07, 6.45) is 2.49. The molecule has 0 spiro atoms. The van der Waals surface area contributed by atoms with E-state index in [1.54, 1.807) is 14.2 Å². The van der Waals surface area contributed by atoms with Crippen molar-refractivity contribution < 1.29 is 9.47 Å². The van der Waals surface area contributed by atoms with Crippen molar-refractivity contribution in [2.45, 2.75) is 25.4 Å². The Hall–Kier alpha value is -0.970. The van der Waals surface area contributed by atoms with Crippen molar-refractivity contribution >= 4 is 12.4 Å². The Morgan fingerprint density at radius 2 is 2.00 bits per heavy atom. The SMILES string of the molecule is COc1cccc(CN2CC3CCC(N)C3C2)c1OC.Cl. The zero-order chi connectivity index (χ0) is 14.1. The Kier molecular flexibility index (Phi) is 5.36. The lowest BCUT2D eigenvalue weighted by molar-refractivity contribution is 0.288. The number of benzene rings is 1. The highest BCUT2D eigenvalue weighted by molar-refractivity contribution is 5.85. The van der Waals surface area contributed by atoms with Gasteiger partial charge in [-0.05, 0) is 30.7 Å². The summed E-state index contributed by atoms with van der Waals surface area (Å²) >= 11 is 0. The molecule has 1 aliphatic carbocycles. The van der Waals surface area contributed by atoms with Crippen LogP contribution in [0.1, 0.15) is 18.4 Å². The molecular formula is C16H25ClN2O2. The van der Waals surface area contributed by atoms with Crippen LogP contribution in [-0.2, 0) is 6.54 Å². The Labute approximate surface area is 133 Å². The van der Waals surface area contributed by atoms with Crippen LogP contribution in [0.25, 0.3) is 0 Å². The first-order valence-corrected chi connectivity index (χ1v) is 7.40. The van der Waals surface area contributed by atoms with Crippen LogP contribution in [0.3, 0.4) is 0 Å². The van der Waals surface area contributed by atoms with Crippen LogP contribution in [0.15, 0.2) is 18.2 Å². The standard InChI is InChI=1S/C16H24N2O2.ClH/c1-19-15-5-3-4-12(16(15)20-2)9-18-8-11-6-7-14(17)13(11)10-18;/h3-5,11,13-14H,6-10,17H2,1-2H3;1H. The lowest BCUT2D eigenvalue weighted by Gasteiger charge is -2.20. The molecule has 0 radical (unpaired) electrons. The average molecular weight is 313 g/mol. The second kappa shape index (κ2) is 6.86. The van der Waals surface area contributed by atoms with Gasteiger partial charge in [0.05, 0.1) is 14.2 Å². The van der Waals surface area contributed by atoms with E-state index in [0.29, 0.717) is 12.0 Å². The Morgan fingerprint density at radius 1 is 1.19 bits per heavy atom. The fourth-order valence-electron chi connectivity index (χ4n) is 3.85. The van der Waals surface area contributed by atoms with Gasteiger partial charge in [0.1, 0.15) is 0 Å². The minimum Gasteiger partial charge on any atom is -0.493 e. The summed E-state index contributed by atoms with van der Waals surface area (Å²) in [4.78, 5) is 2.51. The van der Waals surface area contributed by atoms with E-state index in [2.05, 4.69) is 11.0 Å². The highest BCUT2D eigenvalue weighted by Crippen LogP contribution is 2.39. The Balaban J connectivity index is 0.00000161. The predicted octanol–water partition coefficient (Wildman–Crippen LogP) is 2.29. The number of hydrogen-bond acceptors (Lipinski definition) is 4.